The molecule has 0 spiro atoms. The highest BCUT2D eigenvalue weighted by molar-refractivity contribution is 5.89. The van der Waals surface area contributed by atoms with Gasteiger partial charge in [-0.3, -0.25) is 0 Å². The largest absolute Gasteiger partial charge is 0.472 e. The number of aromatic nitrogens is 3. The van der Waals surface area contributed by atoms with Crippen molar-refractivity contribution < 1.29 is 14.3 Å². The Morgan fingerprint density at radius 1 is 0.962 bits per heavy atom. The molecule has 0 aliphatic carbocycles. The molecular weight excluding hydrogens is 330 g/mol. The van der Waals surface area contributed by atoms with E-state index < -0.39 is 5.97 Å². The highest BCUT2D eigenvalue weighted by Gasteiger charge is 2.13. The minimum Gasteiger partial charge on any atom is -0.472 e. The number of hydrogen-bond acceptors (Lipinski definition) is 5. The third-order valence-electron chi connectivity index (χ3n) is 3.69. The van der Waals surface area contributed by atoms with Gasteiger partial charge in [-0.25, -0.2) is 14.3 Å². The lowest BCUT2D eigenvalue weighted by Gasteiger charge is -2.03. The number of nitrogens with zero attached hydrogens (tertiary/aromatic N) is 3. The van der Waals surface area contributed by atoms with Gasteiger partial charge in [0.15, 0.2) is 11.3 Å². The van der Waals surface area contributed by atoms with Gasteiger partial charge >= 0.3 is 5.97 Å². The zero-order valence-corrected chi connectivity index (χ0v) is 13.8. The molecule has 6 nitrogen and oxygen atoms in total. The summed E-state index contributed by atoms with van der Waals surface area (Å²) in [5.41, 5.74) is 1.76. The molecule has 0 N–H and O–H groups in total. The summed E-state index contributed by atoms with van der Waals surface area (Å²) in [4.78, 5) is 16.5. The van der Waals surface area contributed by atoms with Crippen molar-refractivity contribution in [2.24, 2.45) is 0 Å². The van der Waals surface area contributed by atoms with Crippen molar-refractivity contribution in [3.8, 4) is 11.6 Å². The standard InChI is InChI=1S/C20H15N3O3/c24-20(26-16-9-5-2-6-10-16)17-11-12-23-18(21-17)13-19(22-23)25-14-15-7-3-1-4-8-15/h1-13H,14H2. The lowest BCUT2D eigenvalue weighted by Crippen LogP contribution is -2.11. The summed E-state index contributed by atoms with van der Waals surface area (Å²) in [6.45, 7) is 0.410. The molecule has 0 radical (unpaired) electrons. The molecule has 0 amide bonds. The number of rotatable bonds is 5. The Morgan fingerprint density at radius 3 is 2.46 bits per heavy atom. The van der Waals surface area contributed by atoms with E-state index in [1.54, 1.807) is 47.1 Å². The molecule has 0 bridgehead atoms. The summed E-state index contributed by atoms with van der Waals surface area (Å²) in [7, 11) is 0. The Kier molecular flexibility index (Phi) is 4.30. The van der Waals surface area contributed by atoms with Crippen molar-refractivity contribution in [1.82, 2.24) is 14.6 Å². The fraction of sp³-hybridized carbons (Fsp3) is 0.0500. The molecule has 0 unspecified atom stereocenters. The van der Waals surface area contributed by atoms with E-state index in [0.29, 0.717) is 23.9 Å². The van der Waals surface area contributed by atoms with Gasteiger partial charge in [0, 0.05) is 12.3 Å². The van der Waals surface area contributed by atoms with E-state index in [0.717, 1.165) is 5.56 Å². The number of hydrogen-bond donors (Lipinski definition) is 0. The monoisotopic (exact) mass is 345 g/mol. The normalized spacial score (nSPS) is 10.6. The van der Waals surface area contributed by atoms with Gasteiger partial charge in [0.2, 0.25) is 5.88 Å². The summed E-state index contributed by atoms with van der Waals surface area (Å²) in [5, 5.41) is 4.29. The van der Waals surface area contributed by atoms with E-state index in [2.05, 4.69) is 10.1 Å². The number of benzene rings is 2. The van der Waals surface area contributed by atoms with Crippen molar-refractivity contribution in [2.75, 3.05) is 0 Å². The maximum Gasteiger partial charge on any atom is 0.362 e. The first kappa shape index (κ1) is 15.8. The van der Waals surface area contributed by atoms with Gasteiger partial charge in [0.1, 0.15) is 12.4 Å². The van der Waals surface area contributed by atoms with E-state index >= 15 is 0 Å². The summed E-state index contributed by atoms with van der Waals surface area (Å²) >= 11 is 0. The second-order valence-electron chi connectivity index (χ2n) is 5.57. The molecule has 2 aromatic heterocycles. The van der Waals surface area contributed by atoms with Crippen LogP contribution in [0.3, 0.4) is 0 Å². The second kappa shape index (κ2) is 7.06. The van der Waals surface area contributed by atoms with Crippen molar-refractivity contribution in [2.45, 2.75) is 6.61 Å². The molecule has 4 aromatic rings. The van der Waals surface area contributed by atoms with Crippen LogP contribution in [0.15, 0.2) is 79.0 Å². The van der Waals surface area contributed by atoms with E-state index in [1.807, 2.05) is 36.4 Å². The molecule has 0 aliphatic rings. The molecule has 2 heterocycles. The maximum atomic E-state index is 12.2. The lowest BCUT2D eigenvalue weighted by atomic mass is 10.2. The van der Waals surface area contributed by atoms with Gasteiger partial charge in [-0.1, -0.05) is 48.5 Å². The lowest BCUT2D eigenvalue weighted by molar-refractivity contribution is 0.0728. The van der Waals surface area contributed by atoms with Crippen LogP contribution in [0.25, 0.3) is 5.65 Å². The van der Waals surface area contributed by atoms with Crippen LogP contribution in [-0.2, 0) is 6.61 Å². The van der Waals surface area contributed by atoms with Crippen molar-refractivity contribution >= 4 is 11.6 Å². The van der Waals surface area contributed by atoms with E-state index in [-0.39, 0.29) is 5.69 Å². The van der Waals surface area contributed by atoms with Gasteiger partial charge in [-0.05, 0) is 23.8 Å². The molecule has 0 fully saturated rings. The third kappa shape index (κ3) is 3.54. The van der Waals surface area contributed by atoms with Crippen molar-refractivity contribution in [3.63, 3.8) is 0 Å². The van der Waals surface area contributed by atoms with E-state index in [4.69, 9.17) is 9.47 Å². The fourth-order valence-electron chi connectivity index (χ4n) is 2.42. The van der Waals surface area contributed by atoms with Gasteiger partial charge in [0.25, 0.3) is 0 Å². The topological polar surface area (TPSA) is 65.7 Å². The first-order valence-corrected chi connectivity index (χ1v) is 8.08. The van der Waals surface area contributed by atoms with Crippen LogP contribution in [0.1, 0.15) is 16.1 Å². The molecule has 0 atom stereocenters. The Balaban J connectivity index is 1.49. The molecule has 26 heavy (non-hydrogen) atoms. The highest BCUT2D eigenvalue weighted by atomic mass is 16.5. The van der Waals surface area contributed by atoms with Crippen LogP contribution in [0.4, 0.5) is 0 Å². The van der Waals surface area contributed by atoms with Crippen LogP contribution in [0, 0.1) is 0 Å². The number of esters is 1. The van der Waals surface area contributed by atoms with E-state index in [9.17, 15) is 4.79 Å². The first-order valence-electron chi connectivity index (χ1n) is 8.08. The number of carbonyl (C=O) groups excluding carboxylic acids is 1. The highest BCUT2D eigenvalue weighted by Crippen LogP contribution is 2.15. The zero-order chi connectivity index (χ0) is 17.8. The first-order chi connectivity index (χ1) is 12.8. The minimum absolute atomic E-state index is 0.205. The number of ether oxygens (including phenoxy) is 2. The Hall–Kier alpha value is -3.67. The average Bonchev–Trinajstić information content (AvgIpc) is 3.10. The molecule has 4 rings (SSSR count). The van der Waals surface area contributed by atoms with Crippen molar-refractivity contribution in [3.05, 3.63) is 90.3 Å². The number of para-hydroxylation sites is 1. The maximum absolute atomic E-state index is 12.2. The van der Waals surface area contributed by atoms with Gasteiger partial charge in [-0.15, -0.1) is 5.10 Å². The fourth-order valence-corrected chi connectivity index (χ4v) is 2.42. The predicted octanol–water partition coefficient (Wildman–Crippen LogP) is 3.53. The van der Waals surface area contributed by atoms with Gasteiger partial charge < -0.3 is 9.47 Å². The van der Waals surface area contributed by atoms with Crippen LogP contribution in [0.2, 0.25) is 0 Å². The van der Waals surface area contributed by atoms with Gasteiger partial charge in [-0.2, -0.15) is 0 Å². The Morgan fingerprint density at radius 2 is 1.69 bits per heavy atom. The Labute approximate surface area is 149 Å². The molecule has 2 aromatic carbocycles. The van der Waals surface area contributed by atoms with Crippen molar-refractivity contribution in [1.29, 1.82) is 0 Å². The summed E-state index contributed by atoms with van der Waals surface area (Å²) < 4.78 is 12.5. The molecule has 0 saturated carbocycles. The molecule has 6 heteroatoms. The number of carbonyl (C=O) groups is 1. The summed E-state index contributed by atoms with van der Waals surface area (Å²) in [6, 6.07) is 21.9. The summed E-state index contributed by atoms with van der Waals surface area (Å²) in [5.74, 6) is 0.390. The Bertz CT molecular complexity index is 1030. The second-order valence-corrected chi connectivity index (χ2v) is 5.57. The zero-order valence-electron chi connectivity index (χ0n) is 13.8. The van der Waals surface area contributed by atoms with Crippen LogP contribution in [0.5, 0.6) is 11.6 Å². The van der Waals surface area contributed by atoms with Crippen LogP contribution in [-0.4, -0.2) is 20.6 Å². The van der Waals surface area contributed by atoms with E-state index in [1.165, 1.54) is 0 Å². The smallest absolute Gasteiger partial charge is 0.362 e. The molecule has 128 valence electrons. The number of fused-ring (bicyclic) bond motifs is 1. The molecular formula is C20H15N3O3. The molecule has 0 saturated heterocycles. The molecule has 0 aliphatic heterocycles. The van der Waals surface area contributed by atoms with Gasteiger partial charge in [0.05, 0.1) is 0 Å². The predicted molar refractivity (Wildman–Crippen MR) is 95.2 cm³/mol. The minimum atomic E-state index is -0.522. The average molecular weight is 345 g/mol. The quantitative estimate of drug-likeness (QED) is 0.409. The SMILES string of the molecule is O=C(Oc1ccccc1)c1ccn2nc(OCc3ccccc3)cc2n1. The van der Waals surface area contributed by atoms with Crippen LogP contribution >= 0.6 is 0 Å². The van der Waals surface area contributed by atoms with Crippen LogP contribution < -0.4 is 9.47 Å². The summed E-state index contributed by atoms with van der Waals surface area (Å²) in [6.07, 6.45) is 1.65. The third-order valence-corrected chi connectivity index (χ3v) is 3.69.